The Bertz CT molecular complexity index is 601. The Morgan fingerprint density at radius 2 is 2.15 bits per heavy atom. The molecule has 2 aromatic rings. The van der Waals surface area contributed by atoms with Crippen LogP contribution >= 0.6 is 0 Å². The first kappa shape index (κ1) is 13.8. The summed E-state index contributed by atoms with van der Waals surface area (Å²) in [5.74, 6) is 0.534. The first-order chi connectivity index (χ1) is 9.66. The van der Waals surface area contributed by atoms with Crippen molar-refractivity contribution in [1.82, 2.24) is 15.3 Å². The minimum atomic E-state index is -0.358. The van der Waals surface area contributed by atoms with Gasteiger partial charge in [-0.1, -0.05) is 12.1 Å². The van der Waals surface area contributed by atoms with Crippen LogP contribution in [0.15, 0.2) is 36.7 Å². The van der Waals surface area contributed by atoms with Crippen LogP contribution in [0.4, 0.5) is 5.82 Å². The molecule has 0 saturated heterocycles. The fourth-order valence-corrected chi connectivity index (χ4v) is 1.65. The molecule has 1 aromatic heterocycles. The lowest BCUT2D eigenvalue weighted by Gasteiger charge is -2.08. The second-order valence-electron chi connectivity index (χ2n) is 4.21. The van der Waals surface area contributed by atoms with E-state index >= 15 is 0 Å². The minimum absolute atomic E-state index is 0.115. The summed E-state index contributed by atoms with van der Waals surface area (Å²) in [5.41, 5.74) is 6.82. The third-order valence-electron chi connectivity index (χ3n) is 2.59. The SMILES string of the molecule is Cc1cccc(OCCNC(=O)c2nccnc2N)c1. The highest BCUT2D eigenvalue weighted by atomic mass is 16.5. The van der Waals surface area contributed by atoms with Crippen molar-refractivity contribution < 1.29 is 9.53 Å². The Kier molecular flexibility index (Phi) is 4.49. The Balaban J connectivity index is 1.79. The highest BCUT2D eigenvalue weighted by molar-refractivity contribution is 5.96. The lowest BCUT2D eigenvalue weighted by molar-refractivity contribution is 0.0942. The number of nitrogens with two attached hydrogens (primary N) is 1. The Morgan fingerprint density at radius 3 is 2.90 bits per heavy atom. The van der Waals surface area contributed by atoms with Crippen molar-refractivity contribution in [1.29, 1.82) is 0 Å². The van der Waals surface area contributed by atoms with Gasteiger partial charge in [0.1, 0.15) is 12.4 Å². The van der Waals surface area contributed by atoms with Gasteiger partial charge in [-0.05, 0) is 24.6 Å². The molecule has 0 radical (unpaired) electrons. The number of ether oxygens (including phenoxy) is 1. The molecule has 20 heavy (non-hydrogen) atoms. The van der Waals surface area contributed by atoms with E-state index in [0.717, 1.165) is 11.3 Å². The molecule has 3 N–H and O–H groups in total. The van der Waals surface area contributed by atoms with Crippen LogP contribution in [0.5, 0.6) is 5.75 Å². The van der Waals surface area contributed by atoms with E-state index in [1.54, 1.807) is 0 Å². The van der Waals surface area contributed by atoms with Crippen molar-refractivity contribution in [2.75, 3.05) is 18.9 Å². The number of amides is 1. The number of nitrogen functional groups attached to an aromatic ring is 1. The van der Waals surface area contributed by atoms with Gasteiger partial charge in [-0.2, -0.15) is 0 Å². The van der Waals surface area contributed by atoms with Gasteiger partial charge in [-0.25, -0.2) is 9.97 Å². The molecule has 0 fully saturated rings. The number of anilines is 1. The third kappa shape index (κ3) is 3.68. The van der Waals surface area contributed by atoms with Gasteiger partial charge in [0, 0.05) is 12.4 Å². The normalized spacial score (nSPS) is 10.1. The van der Waals surface area contributed by atoms with Gasteiger partial charge in [0.25, 0.3) is 5.91 Å². The van der Waals surface area contributed by atoms with E-state index in [1.165, 1.54) is 12.4 Å². The minimum Gasteiger partial charge on any atom is -0.492 e. The molecule has 104 valence electrons. The Labute approximate surface area is 117 Å². The summed E-state index contributed by atoms with van der Waals surface area (Å²) in [5, 5.41) is 2.68. The molecular formula is C14H16N4O2. The van der Waals surface area contributed by atoms with E-state index in [9.17, 15) is 4.79 Å². The van der Waals surface area contributed by atoms with Crippen molar-refractivity contribution in [3.8, 4) is 5.75 Å². The zero-order chi connectivity index (χ0) is 14.4. The second kappa shape index (κ2) is 6.51. The number of carbonyl (C=O) groups is 1. The van der Waals surface area contributed by atoms with Gasteiger partial charge in [0.15, 0.2) is 11.5 Å². The summed E-state index contributed by atoms with van der Waals surface area (Å²) >= 11 is 0. The van der Waals surface area contributed by atoms with Crippen molar-refractivity contribution in [2.24, 2.45) is 0 Å². The molecule has 0 atom stereocenters. The molecule has 0 aliphatic carbocycles. The van der Waals surface area contributed by atoms with Gasteiger partial charge in [0.05, 0.1) is 6.54 Å². The zero-order valence-corrected chi connectivity index (χ0v) is 11.2. The molecule has 1 heterocycles. The smallest absolute Gasteiger partial charge is 0.273 e. The Hall–Kier alpha value is -2.63. The largest absolute Gasteiger partial charge is 0.492 e. The van der Waals surface area contributed by atoms with Crippen molar-refractivity contribution >= 4 is 11.7 Å². The molecule has 0 spiro atoms. The number of nitrogens with zero attached hydrogens (tertiary/aromatic N) is 2. The number of carbonyl (C=O) groups excluding carboxylic acids is 1. The average molecular weight is 272 g/mol. The molecule has 0 saturated carbocycles. The first-order valence-corrected chi connectivity index (χ1v) is 6.21. The van der Waals surface area contributed by atoms with Gasteiger partial charge in [-0.15, -0.1) is 0 Å². The third-order valence-corrected chi connectivity index (χ3v) is 2.59. The summed E-state index contributed by atoms with van der Waals surface area (Å²) in [4.78, 5) is 19.5. The molecular weight excluding hydrogens is 256 g/mol. The van der Waals surface area contributed by atoms with Crippen LogP contribution in [-0.2, 0) is 0 Å². The monoisotopic (exact) mass is 272 g/mol. The molecule has 2 rings (SSSR count). The molecule has 1 amide bonds. The lowest BCUT2D eigenvalue weighted by Crippen LogP contribution is -2.29. The van der Waals surface area contributed by atoms with Gasteiger partial charge >= 0.3 is 0 Å². The van der Waals surface area contributed by atoms with Crippen molar-refractivity contribution in [3.63, 3.8) is 0 Å². The molecule has 6 heteroatoms. The summed E-state index contributed by atoms with van der Waals surface area (Å²) in [7, 11) is 0. The number of rotatable bonds is 5. The van der Waals surface area contributed by atoms with E-state index in [2.05, 4.69) is 15.3 Å². The van der Waals surface area contributed by atoms with Crippen LogP contribution in [0.1, 0.15) is 16.1 Å². The van der Waals surface area contributed by atoms with Gasteiger partial charge in [0.2, 0.25) is 0 Å². The Morgan fingerprint density at radius 1 is 1.35 bits per heavy atom. The molecule has 0 aliphatic heterocycles. The maximum atomic E-state index is 11.8. The number of benzene rings is 1. The van der Waals surface area contributed by atoms with E-state index in [-0.39, 0.29) is 17.4 Å². The highest BCUT2D eigenvalue weighted by Gasteiger charge is 2.10. The number of hydrogen-bond acceptors (Lipinski definition) is 5. The van der Waals surface area contributed by atoms with Crippen LogP contribution in [-0.4, -0.2) is 29.0 Å². The molecule has 0 unspecified atom stereocenters. The second-order valence-corrected chi connectivity index (χ2v) is 4.21. The van der Waals surface area contributed by atoms with Crippen LogP contribution in [0.2, 0.25) is 0 Å². The van der Waals surface area contributed by atoms with Crippen LogP contribution < -0.4 is 15.8 Å². The fraction of sp³-hybridized carbons (Fsp3) is 0.214. The van der Waals surface area contributed by atoms with Gasteiger partial charge < -0.3 is 15.8 Å². The van der Waals surface area contributed by atoms with E-state index < -0.39 is 0 Å². The maximum absolute atomic E-state index is 11.8. The number of aryl methyl sites for hydroxylation is 1. The number of hydrogen-bond donors (Lipinski definition) is 2. The van der Waals surface area contributed by atoms with E-state index in [1.807, 2.05) is 31.2 Å². The topological polar surface area (TPSA) is 90.1 Å². The summed E-state index contributed by atoms with van der Waals surface area (Å²) in [6, 6.07) is 7.72. The fourth-order valence-electron chi connectivity index (χ4n) is 1.65. The van der Waals surface area contributed by atoms with Crippen LogP contribution in [0.25, 0.3) is 0 Å². The quantitative estimate of drug-likeness (QED) is 0.797. The number of nitrogens with one attached hydrogen (secondary N) is 1. The maximum Gasteiger partial charge on any atom is 0.273 e. The number of aromatic nitrogens is 2. The van der Waals surface area contributed by atoms with Crippen molar-refractivity contribution in [3.05, 3.63) is 47.9 Å². The van der Waals surface area contributed by atoms with Crippen LogP contribution in [0, 0.1) is 6.92 Å². The predicted octanol–water partition coefficient (Wildman–Crippen LogP) is 1.18. The summed E-state index contributed by atoms with van der Waals surface area (Å²) in [6.07, 6.45) is 2.86. The summed E-state index contributed by atoms with van der Waals surface area (Å²) < 4.78 is 5.52. The van der Waals surface area contributed by atoms with Gasteiger partial charge in [-0.3, -0.25) is 4.79 Å². The van der Waals surface area contributed by atoms with E-state index in [4.69, 9.17) is 10.5 Å². The molecule has 0 aliphatic rings. The standard InChI is InChI=1S/C14H16N4O2/c1-10-3-2-4-11(9-10)20-8-7-18-14(19)12-13(15)17-6-5-16-12/h2-6,9H,7-8H2,1H3,(H2,15,17)(H,18,19). The lowest BCUT2D eigenvalue weighted by atomic mass is 10.2. The first-order valence-electron chi connectivity index (χ1n) is 6.21. The summed E-state index contributed by atoms with van der Waals surface area (Å²) in [6.45, 7) is 2.73. The van der Waals surface area contributed by atoms with E-state index in [0.29, 0.717) is 13.2 Å². The molecule has 1 aromatic carbocycles. The van der Waals surface area contributed by atoms with Crippen molar-refractivity contribution in [2.45, 2.75) is 6.92 Å². The molecule has 0 bridgehead atoms. The van der Waals surface area contributed by atoms with Crippen LogP contribution in [0.3, 0.4) is 0 Å². The molecule has 6 nitrogen and oxygen atoms in total. The average Bonchev–Trinajstić information content (AvgIpc) is 2.44. The zero-order valence-electron chi connectivity index (χ0n) is 11.2. The predicted molar refractivity (Wildman–Crippen MR) is 75.5 cm³/mol. The highest BCUT2D eigenvalue weighted by Crippen LogP contribution is 2.11.